The quantitative estimate of drug-likeness (QED) is 0.562. The second-order valence-electron chi connectivity index (χ2n) is 9.17. The molecule has 3 aromatic rings. The maximum absolute atomic E-state index is 13.4. The Balaban J connectivity index is 1.30. The van der Waals surface area contributed by atoms with Gasteiger partial charge in [-0.3, -0.25) is 9.48 Å². The van der Waals surface area contributed by atoms with E-state index in [1.807, 2.05) is 46.1 Å². The Morgan fingerprint density at radius 2 is 2.00 bits per heavy atom. The van der Waals surface area contributed by atoms with Crippen LogP contribution < -0.4 is 0 Å². The van der Waals surface area contributed by atoms with E-state index in [-0.39, 0.29) is 11.9 Å². The predicted octanol–water partition coefficient (Wildman–Crippen LogP) is 4.31. The van der Waals surface area contributed by atoms with Crippen LogP contribution in [0.4, 0.5) is 0 Å². The third-order valence-corrected chi connectivity index (χ3v) is 7.01. The van der Waals surface area contributed by atoms with E-state index in [2.05, 4.69) is 22.0 Å². The SMILES string of the molecule is CN1CCC(Cn2cc(C(=O)N3CCC[C@@H]3c3ccnc(-c4cccc(Cl)c4)n3)cn2)CC1. The average Bonchev–Trinajstić information content (AvgIpc) is 3.50. The zero-order valence-electron chi connectivity index (χ0n) is 18.9. The fourth-order valence-electron chi connectivity index (χ4n) is 4.89. The van der Waals surface area contributed by atoms with Gasteiger partial charge < -0.3 is 9.80 Å². The van der Waals surface area contributed by atoms with Crippen molar-refractivity contribution in [2.24, 2.45) is 5.92 Å². The van der Waals surface area contributed by atoms with Gasteiger partial charge in [-0.1, -0.05) is 23.7 Å². The lowest BCUT2D eigenvalue weighted by molar-refractivity contribution is 0.0732. The zero-order chi connectivity index (χ0) is 22.8. The maximum Gasteiger partial charge on any atom is 0.257 e. The molecule has 5 rings (SSSR count). The van der Waals surface area contributed by atoms with Crippen LogP contribution in [0.15, 0.2) is 48.9 Å². The number of carbonyl (C=O) groups is 1. The van der Waals surface area contributed by atoms with Crippen molar-refractivity contribution in [2.75, 3.05) is 26.7 Å². The molecule has 2 fully saturated rings. The standard InChI is InChI=1S/C25H29ClN6O/c1-30-12-8-18(9-13-30)16-31-17-20(15-28-31)25(33)32-11-3-6-23(32)22-7-10-27-24(29-22)19-4-2-5-21(26)14-19/h2,4-5,7,10,14-15,17-18,23H,3,6,8-9,11-13,16H2,1H3/t23-/m1/s1. The van der Waals surface area contributed by atoms with E-state index in [1.54, 1.807) is 12.4 Å². The van der Waals surface area contributed by atoms with Crippen LogP contribution in [0.2, 0.25) is 5.02 Å². The minimum Gasteiger partial charge on any atom is -0.330 e. The number of benzene rings is 1. The van der Waals surface area contributed by atoms with E-state index in [0.29, 0.717) is 22.3 Å². The van der Waals surface area contributed by atoms with Gasteiger partial charge in [0, 0.05) is 36.1 Å². The van der Waals surface area contributed by atoms with Crippen molar-refractivity contribution in [3.05, 3.63) is 65.2 Å². The summed E-state index contributed by atoms with van der Waals surface area (Å²) in [5, 5.41) is 5.15. The lowest BCUT2D eigenvalue weighted by Gasteiger charge is -2.28. The van der Waals surface area contributed by atoms with Crippen LogP contribution in [0, 0.1) is 5.92 Å². The molecule has 0 bridgehead atoms. The first-order chi connectivity index (χ1) is 16.1. The number of rotatable bonds is 5. The molecule has 2 aromatic heterocycles. The molecule has 4 heterocycles. The van der Waals surface area contributed by atoms with Gasteiger partial charge in [0.1, 0.15) is 0 Å². The van der Waals surface area contributed by atoms with Crippen LogP contribution in [0.3, 0.4) is 0 Å². The van der Waals surface area contributed by atoms with Gasteiger partial charge in [0.2, 0.25) is 0 Å². The number of nitrogens with zero attached hydrogens (tertiary/aromatic N) is 6. The summed E-state index contributed by atoms with van der Waals surface area (Å²) in [5.74, 6) is 1.27. The number of piperidine rings is 1. The molecule has 0 aliphatic carbocycles. The molecule has 172 valence electrons. The first-order valence-electron chi connectivity index (χ1n) is 11.7. The fourth-order valence-corrected chi connectivity index (χ4v) is 5.08. The third kappa shape index (κ3) is 4.94. The second-order valence-corrected chi connectivity index (χ2v) is 9.61. The highest BCUT2D eigenvalue weighted by Crippen LogP contribution is 2.33. The summed E-state index contributed by atoms with van der Waals surface area (Å²) in [5.41, 5.74) is 2.39. The van der Waals surface area contributed by atoms with Gasteiger partial charge >= 0.3 is 0 Å². The molecule has 0 spiro atoms. The number of likely N-dealkylation sites (tertiary alicyclic amines) is 2. The average molecular weight is 465 g/mol. The van der Waals surface area contributed by atoms with Crippen LogP contribution in [-0.2, 0) is 6.54 Å². The van der Waals surface area contributed by atoms with Crippen LogP contribution in [0.25, 0.3) is 11.4 Å². The topological polar surface area (TPSA) is 67.2 Å². The van der Waals surface area contributed by atoms with E-state index in [0.717, 1.165) is 50.3 Å². The molecule has 1 atom stereocenters. The van der Waals surface area contributed by atoms with Crippen molar-refractivity contribution in [3.8, 4) is 11.4 Å². The Labute approximate surface area is 199 Å². The Morgan fingerprint density at radius 3 is 2.82 bits per heavy atom. The lowest BCUT2D eigenvalue weighted by atomic mass is 9.97. The predicted molar refractivity (Wildman–Crippen MR) is 128 cm³/mol. The Hall–Kier alpha value is -2.77. The van der Waals surface area contributed by atoms with Gasteiger partial charge in [-0.05, 0) is 69.9 Å². The number of hydrogen-bond donors (Lipinski definition) is 0. The molecule has 7 nitrogen and oxygen atoms in total. The van der Waals surface area contributed by atoms with E-state index in [9.17, 15) is 4.79 Å². The molecule has 0 unspecified atom stereocenters. The summed E-state index contributed by atoms with van der Waals surface area (Å²) in [6.45, 7) is 3.85. The Morgan fingerprint density at radius 1 is 1.15 bits per heavy atom. The highest BCUT2D eigenvalue weighted by molar-refractivity contribution is 6.30. The van der Waals surface area contributed by atoms with Gasteiger partial charge in [0.15, 0.2) is 5.82 Å². The van der Waals surface area contributed by atoms with E-state index >= 15 is 0 Å². The third-order valence-electron chi connectivity index (χ3n) is 6.78. The molecular weight excluding hydrogens is 436 g/mol. The van der Waals surface area contributed by atoms with Crippen molar-refractivity contribution in [2.45, 2.75) is 38.3 Å². The van der Waals surface area contributed by atoms with Crippen LogP contribution in [0.1, 0.15) is 47.8 Å². The summed E-state index contributed by atoms with van der Waals surface area (Å²) in [4.78, 5) is 26.9. The Bertz CT molecular complexity index is 1120. The highest BCUT2D eigenvalue weighted by atomic mass is 35.5. The van der Waals surface area contributed by atoms with Gasteiger partial charge in [-0.2, -0.15) is 5.10 Å². The number of aromatic nitrogens is 4. The first-order valence-corrected chi connectivity index (χ1v) is 12.1. The summed E-state index contributed by atoms with van der Waals surface area (Å²) < 4.78 is 1.94. The second kappa shape index (κ2) is 9.61. The lowest BCUT2D eigenvalue weighted by Crippen LogP contribution is -2.32. The molecule has 33 heavy (non-hydrogen) atoms. The molecule has 1 aromatic carbocycles. The van der Waals surface area contributed by atoms with Gasteiger partial charge in [-0.15, -0.1) is 0 Å². The van der Waals surface area contributed by atoms with Crippen molar-refractivity contribution in [1.82, 2.24) is 29.5 Å². The van der Waals surface area contributed by atoms with E-state index in [4.69, 9.17) is 16.6 Å². The summed E-state index contributed by atoms with van der Waals surface area (Å²) in [7, 11) is 2.17. The molecule has 0 N–H and O–H groups in total. The van der Waals surface area contributed by atoms with E-state index in [1.165, 1.54) is 12.8 Å². The van der Waals surface area contributed by atoms with Crippen LogP contribution in [0.5, 0.6) is 0 Å². The minimum absolute atomic E-state index is 0.0232. The van der Waals surface area contributed by atoms with Crippen molar-refractivity contribution >= 4 is 17.5 Å². The highest BCUT2D eigenvalue weighted by Gasteiger charge is 2.32. The zero-order valence-corrected chi connectivity index (χ0v) is 19.7. The molecule has 1 amide bonds. The summed E-state index contributed by atoms with van der Waals surface area (Å²) in [6.07, 6.45) is 9.59. The largest absolute Gasteiger partial charge is 0.330 e. The Kier molecular flexibility index (Phi) is 6.42. The summed E-state index contributed by atoms with van der Waals surface area (Å²) in [6, 6.07) is 9.38. The maximum atomic E-state index is 13.4. The molecule has 2 saturated heterocycles. The molecule has 0 radical (unpaired) electrons. The van der Waals surface area contributed by atoms with Gasteiger partial charge in [0.25, 0.3) is 5.91 Å². The van der Waals surface area contributed by atoms with Crippen molar-refractivity contribution in [1.29, 1.82) is 0 Å². The smallest absolute Gasteiger partial charge is 0.257 e. The fraction of sp³-hybridized carbons (Fsp3) is 0.440. The van der Waals surface area contributed by atoms with Gasteiger partial charge in [-0.25, -0.2) is 9.97 Å². The number of hydrogen-bond acceptors (Lipinski definition) is 5. The van der Waals surface area contributed by atoms with Crippen LogP contribution in [-0.4, -0.2) is 62.1 Å². The molecular formula is C25H29ClN6O. The van der Waals surface area contributed by atoms with Crippen LogP contribution >= 0.6 is 11.6 Å². The summed E-state index contributed by atoms with van der Waals surface area (Å²) >= 11 is 6.15. The first kappa shape index (κ1) is 22.0. The van der Waals surface area contributed by atoms with E-state index < -0.39 is 0 Å². The van der Waals surface area contributed by atoms with Crippen molar-refractivity contribution < 1.29 is 4.79 Å². The molecule has 0 saturated carbocycles. The minimum atomic E-state index is -0.0596. The number of carbonyl (C=O) groups excluding carboxylic acids is 1. The van der Waals surface area contributed by atoms with Crippen molar-refractivity contribution in [3.63, 3.8) is 0 Å². The number of amides is 1. The molecule has 2 aliphatic rings. The molecule has 2 aliphatic heterocycles. The monoisotopic (exact) mass is 464 g/mol. The normalized spacial score (nSPS) is 19.8. The van der Waals surface area contributed by atoms with Gasteiger partial charge in [0.05, 0.1) is 23.5 Å². The number of halogens is 1. The molecule has 8 heteroatoms.